The summed E-state index contributed by atoms with van der Waals surface area (Å²) < 4.78 is 2.31. The fourth-order valence-electron chi connectivity index (χ4n) is 4.15. The molecule has 106 valence electrons. The largest absolute Gasteiger partial charge is 0.369 e. The fraction of sp³-hybridized carbons (Fsp3) is 0.562. The summed E-state index contributed by atoms with van der Waals surface area (Å²) in [6, 6.07) is 7.56. The summed E-state index contributed by atoms with van der Waals surface area (Å²) in [4.78, 5) is 7.21. The van der Waals surface area contributed by atoms with Crippen LogP contribution in [-0.4, -0.2) is 33.6 Å². The normalized spacial score (nSPS) is 27.1. The molecule has 1 aromatic heterocycles. The molecule has 0 bridgehead atoms. The molecule has 20 heavy (non-hydrogen) atoms. The first-order valence-corrected chi connectivity index (χ1v) is 7.71. The third kappa shape index (κ3) is 1.74. The van der Waals surface area contributed by atoms with Crippen molar-refractivity contribution in [1.82, 2.24) is 14.5 Å². The van der Waals surface area contributed by atoms with Crippen LogP contribution in [0, 0.1) is 6.92 Å². The lowest BCUT2D eigenvalue weighted by molar-refractivity contribution is 0.158. The number of piperidine rings is 1. The number of imidazole rings is 1. The van der Waals surface area contributed by atoms with E-state index in [9.17, 15) is 0 Å². The molecule has 2 N–H and O–H groups in total. The third-order valence-corrected chi connectivity index (χ3v) is 5.10. The molecule has 4 rings (SSSR count). The minimum atomic E-state index is 0.514. The Balaban J connectivity index is 1.76. The van der Waals surface area contributed by atoms with E-state index in [4.69, 9.17) is 5.73 Å². The summed E-state index contributed by atoms with van der Waals surface area (Å²) >= 11 is 0. The van der Waals surface area contributed by atoms with E-state index in [1.807, 2.05) is 0 Å². The lowest BCUT2D eigenvalue weighted by Crippen LogP contribution is -2.38. The van der Waals surface area contributed by atoms with Gasteiger partial charge in [0.2, 0.25) is 5.95 Å². The van der Waals surface area contributed by atoms with E-state index in [0.717, 1.165) is 11.6 Å². The van der Waals surface area contributed by atoms with Crippen LogP contribution in [0.25, 0.3) is 11.0 Å². The monoisotopic (exact) mass is 270 g/mol. The van der Waals surface area contributed by atoms with Crippen LogP contribution in [0.2, 0.25) is 0 Å². The Morgan fingerprint density at radius 2 is 2.10 bits per heavy atom. The van der Waals surface area contributed by atoms with Crippen molar-refractivity contribution in [3.8, 4) is 0 Å². The summed E-state index contributed by atoms with van der Waals surface area (Å²) in [6.07, 6.45) is 5.13. The lowest BCUT2D eigenvalue weighted by atomic mass is 9.97. The zero-order valence-corrected chi connectivity index (χ0v) is 12.0. The molecule has 0 radical (unpaired) electrons. The quantitative estimate of drug-likeness (QED) is 0.866. The topological polar surface area (TPSA) is 47.1 Å². The molecule has 0 saturated carbocycles. The van der Waals surface area contributed by atoms with Gasteiger partial charge < -0.3 is 15.2 Å². The molecule has 2 fully saturated rings. The third-order valence-electron chi connectivity index (χ3n) is 5.10. The van der Waals surface area contributed by atoms with Gasteiger partial charge in [0, 0.05) is 18.6 Å². The molecule has 2 aromatic rings. The first-order valence-electron chi connectivity index (χ1n) is 7.71. The summed E-state index contributed by atoms with van der Waals surface area (Å²) in [5.74, 6) is 0.686. The van der Waals surface area contributed by atoms with Gasteiger partial charge in [-0.05, 0) is 50.8 Å². The highest BCUT2D eigenvalue weighted by Gasteiger charge is 2.33. The van der Waals surface area contributed by atoms with Crippen molar-refractivity contribution in [3.05, 3.63) is 23.8 Å². The number of nitrogens with two attached hydrogens (primary N) is 1. The van der Waals surface area contributed by atoms with Crippen molar-refractivity contribution in [2.24, 2.45) is 0 Å². The average Bonchev–Trinajstić information content (AvgIpc) is 3.01. The van der Waals surface area contributed by atoms with Gasteiger partial charge in [-0.3, -0.25) is 0 Å². The van der Waals surface area contributed by atoms with Gasteiger partial charge in [-0.1, -0.05) is 12.1 Å². The molecular weight excluding hydrogens is 248 g/mol. The number of benzene rings is 1. The van der Waals surface area contributed by atoms with Crippen LogP contribution in [0.1, 0.15) is 37.3 Å². The Bertz CT molecular complexity index is 645. The second-order valence-electron chi connectivity index (χ2n) is 6.29. The Morgan fingerprint density at radius 3 is 3.00 bits per heavy atom. The van der Waals surface area contributed by atoms with Gasteiger partial charge in [0.25, 0.3) is 0 Å². The molecule has 2 atom stereocenters. The van der Waals surface area contributed by atoms with Crippen LogP contribution >= 0.6 is 0 Å². The first-order chi connectivity index (χ1) is 9.74. The number of hydrogen-bond acceptors (Lipinski definition) is 3. The highest BCUT2D eigenvalue weighted by atomic mass is 15.2. The van der Waals surface area contributed by atoms with Gasteiger partial charge in [0.05, 0.1) is 11.0 Å². The van der Waals surface area contributed by atoms with Crippen LogP contribution in [0.15, 0.2) is 18.2 Å². The Kier molecular flexibility index (Phi) is 2.74. The number of rotatable bonds is 1. The standard InChI is InChI=1S/C16H22N4/c1-11-4-2-6-14-15(11)20(16(17)18-14)13-7-9-19-8-3-5-12(19)10-13/h2,4,6,12-13H,3,5,7-10H2,1H3,(H2,17,18). The average molecular weight is 270 g/mol. The highest BCUT2D eigenvalue weighted by molar-refractivity contribution is 5.81. The maximum atomic E-state index is 6.23. The zero-order valence-electron chi connectivity index (χ0n) is 12.0. The summed E-state index contributed by atoms with van der Waals surface area (Å²) in [7, 11) is 0. The molecule has 4 nitrogen and oxygen atoms in total. The van der Waals surface area contributed by atoms with E-state index in [0.29, 0.717) is 12.0 Å². The predicted octanol–water partition coefficient (Wildman–Crippen LogP) is 2.73. The number of nitrogens with zero attached hydrogens (tertiary/aromatic N) is 3. The maximum absolute atomic E-state index is 6.23. The number of aromatic nitrogens is 2. The van der Waals surface area contributed by atoms with Crippen molar-refractivity contribution in [3.63, 3.8) is 0 Å². The van der Waals surface area contributed by atoms with Crippen molar-refractivity contribution in [2.45, 2.75) is 44.7 Å². The number of fused-ring (bicyclic) bond motifs is 2. The van der Waals surface area contributed by atoms with Crippen LogP contribution in [-0.2, 0) is 0 Å². The number of anilines is 1. The Morgan fingerprint density at radius 1 is 1.20 bits per heavy atom. The molecule has 2 aliphatic rings. The number of hydrogen-bond donors (Lipinski definition) is 1. The van der Waals surface area contributed by atoms with Crippen molar-refractivity contribution in [2.75, 3.05) is 18.8 Å². The minimum Gasteiger partial charge on any atom is -0.369 e. The van der Waals surface area contributed by atoms with E-state index in [2.05, 4.69) is 39.6 Å². The molecule has 3 heterocycles. The maximum Gasteiger partial charge on any atom is 0.201 e. The number of para-hydroxylation sites is 1. The fourth-order valence-corrected chi connectivity index (χ4v) is 4.15. The molecular formula is C16H22N4. The molecule has 1 aromatic carbocycles. The SMILES string of the molecule is Cc1cccc2nc(N)n(C3CCN4CCCC4C3)c12. The summed E-state index contributed by atoms with van der Waals surface area (Å²) in [6.45, 7) is 4.65. The molecule has 2 aliphatic heterocycles. The van der Waals surface area contributed by atoms with Gasteiger partial charge in [0.15, 0.2) is 0 Å². The van der Waals surface area contributed by atoms with Gasteiger partial charge in [0.1, 0.15) is 0 Å². The number of nitrogen functional groups attached to an aromatic ring is 1. The van der Waals surface area contributed by atoms with Crippen molar-refractivity contribution >= 4 is 17.0 Å². The van der Waals surface area contributed by atoms with Gasteiger partial charge in [-0.2, -0.15) is 0 Å². The Hall–Kier alpha value is -1.55. The van der Waals surface area contributed by atoms with Crippen molar-refractivity contribution in [1.29, 1.82) is 0 Å². The Labute approximate surface area is 119 Å². The molecule has 0 amide bonds. The second kappa shape index (κ2) is 4.48. The van der Waals surface area contributed by atoms with E-state index in [1.54, 1.807) is 0 Å². The molecule has 2 unspecified atom stereocenters. The van der Waals surface area contributed by atoms with Gasteiger partial charge >= 0.3 is 0 Å². The van der Waals surface area contributed by atoms with Crippen LogP contribution in [0.4, 0.5) is 5.95 Å². The van der Waals surface area contributed by atoms with Crippen LogP contribution in [0.5, 0.6) is 0 Å². The van der Waals surface area contributed by atoms with Crippen LogP contribution < -0.4 is 5.73 Å². The van der Waals surface area contributed by atoms with Gasteiger partial charge in [-0.25, -0.2) is 4.98 Å². The highest BCUT2D eigenvalue weighted by Crippen LogP contribution is 2.36. The minimum absolute atomic E-state index is 0.514. The van der Waals surface area contributed by atoms with Gasteiger partial charge in [-0.15, -0.1) is 0 Å². The predicted molar refractivity (Wildman–Crippen MR) is 81.7 cm³/mol. The van der Waals surface area contributed by atoms with E-state index in [1.165, 1.54) is 49.9 Å². The number of aryl methyl sites for hydroxylation is 1. The summed E-state index contributed by atoms with van der Waals surface area (Å²) in [5, 5.41) is 0. The van der Waals surface area contributed by atoms with E-state index < -0.39 is 0 Å². The smallest absolute Gasteiger partial charge is 0.201 e. The molecule has 0 spiro atoms. The van der Waals surface area contributed by atoms with E-state index >= 15 is 0 Å². The lowest BCUT2D eigenvalue weighted by Gasteiger charge is -2.36. The van der Waals surface area contributed by atoms with Crippen LogP contribution in [0.3, 0.4) is 0 Å². The summed E-state index contributed by atoms with van der Waals surface area (Å²) in [5.41, 5.74) is 9.78. The second-order valence-corrected chi connectivity index (χ2v) is 6.29. The molecule has 4 heteroatoms. The molecule has 0 aliphatic carbocycles. The van der Waals surface area contributed by atoms with E-state index in [-0.39, 0.29) is 0 Å². The molecule has 2 saturated heterocycles. The first kappa shape index (κ1) is 12.2. The zero-order chi connectivity index (χ0) is 13.7. The van der Waals surface area contributed by atoms with Crippen molar-refractivity contribution < 1.29 is 0 Å².